The summed E-state index contributed by atoms with van der Waals surface area (Å²) in [4.78, 5) is 69.3. The number of aromatic amines is 2. The van der Waals surface area contributed by atoms with Crippen LogP contribution in [0.4, 0.5) is 0 Å². The molecule has 0 radical (unpaired) electrons. The Morgan fingerprint density at radius 2 is 1.35 bits per heavy atom. The van der Waals surface area contributed by atoms with Gasteiger partial charge in [-0.05, 0) is 18.4 Å². The Hall–Kier alpha value is -5.25. The number of imidazole rings is 2. The number of nitrogens with one attached hydrogen (secondary N) is 5. The number of aliphatic carboxylic acids is 1. The molecule has 0 spiro atoms. The molecule has 2 aromatic heterocycles. The van der Waals surface area contributed by atoms with Crippen molar-refractivity contribution in [1.82, 2.24) is 35.9 Å². The smallest absolute Gasteiger partial charge is 0.326 e. The van der Waals surface area contributed by atoms with E-state index < -0.39 is 47.9 Å². The van der Waals surface area contributed by atoms with Gasteiger partial charge in [0.15, 0.2) is 5.96 Å². The quantitative estimate of drug-likeness (QED) is 0.0474. The van der Waals surface area contributed by atoms with Crippen molar-refractivity contribution in [1.29, 1.82) is 0 Å². The van der Waals surface area contributed by atoms with E-state index in [-0.39, 0.29) is 38.2 Å². The van der Waals surface area contributed by atoms with Gasteiger partial charge in [0.1, 0.15) is 18.1 Å². The molecule has 230 valence electrons. The Morgan fingerprint density at radius 3 is 1.84 bits per heavy atom. The average Bonchev–Trinajstić information content (AvgIpc) is 3.69. The van der Waals surface area contributed by atoms with Crippen LogP contribution < -0.4 is 33.2 Å². The van der Waals surface area contributed by atoms with E-state index in [0.29, 0.717) is 23.4 Å². The zero-order valence-electron chi connectivity index (χ0n) is 23.4. The highest BCUT2D eigenvalue weighted by atomic mass is 16.4. The zero-order valence-corrected chi connectivity index (χ0v) is 23.4. The van der Waals surface area contributed by atoms with Crippen molar-refractivity contribution in [3.8, 4) is 0 Å². The maximum Gasteiger partial charge on any atom is 0.326 e. The fourth-order valence-corrected chi connectivity index (χ4v) is 4.17. The molecule has 3 amide bonds. The van der Waals surface area contributed by atoms with Crippen molar-refractivity contribution in [2.75, 3.05) is 6.54 Å². The van der Waals surface area contributed by atoms with Gasteiger partial charge in [0.2, 0.25) is 17.7 Å². The van der Waals surface area contributed by atoms with Crippen LogP contribution in [0.3, 0.4) is 0 Å². The first-order valence-electron chi connectivity index (χ1n) is 13.6. The number of carbonyl (C=O) groups excluding carboxylic acids is 3. The van der Waals surface area contributed by atoms with Crippen LogP contribution in [0.5, 0.6) is 0 Å². The van der Waals surface area contributed by atoms with Crippen LogP contribution in [0.15, 0.2) is 60.4 Å². The van der Waals surface area contributed by atoms with E-state index in [2.05, 4.69) is 40.9 Å². The second-order valence-electron chi connectivity index (χ2n) is 9.83. The lowest BCUT2D eigenvalue weighted by molar-refractivity contribution is -0.142. The van der Waals surface area contributed by atoms with Gasteiger partial charge < -0.3 is 48.2 Å². The molecule has 4 unspecified atom stereocenters. The molecular formula is C27H37N11O5. The van der Waals surface area contributed by atoms with Crippen LogP contribution in [-0.2, 0) is 38.4 Å². The summed E-state index contributed by atoms with van der Waals surface area (Å²) in [6.07, 6.45) is 6.53. The van der Waals surface area contributed by atoms with Gasteiger partial charge in [0.25, 0.3) is 0 Å². The van der Waals surface area contributed by atoms with E-state index in [0.717, 1.165) is 0 Å². The molecule has 0 aliphatic rings. The molecule has 12 N–H and O–H groups in total. The van der Waals surface area contributed by atoms with E-state index in [1.54, 1.807) is 30.3 Å². The van der Waals surface area contributed by atoms with E-state index in [4.69, 9.17) is 17.2 Å². The van der Waals surface area contributed by atoms with Gasteiger partial charge in [-0.15, -0.1) is 0 Å². The lowest BCUT2D eigenvalue weighted by Gasteiger charge is -2.25. The molecule has 0 saturated heterocycles. The van der Waals surface area contributed by atoms with Crippen molar-refractivity contribution < 1.29 is 24.3 Å². The molecule has 0 saturated carbocycles. The predicted molar refractivity (Wildman–Crippen MR) is 156 cm³/mol. The molecule has 0 fully saturated rings. The Morgan fingerprint density at radius 1 is 0.814 bits per heavy atom. The monoisotopic (exact) mass is 595 g/mol. The predicted octanol–water partition coefficient (Wildman–Crippen LogP) is -1.92. The highest BCUT2D eigenvalue weighted by Crippen LogP contribution is 2.07. The number of rotatable bonds is 17. The number of nitrogens with zero attached hydrogens (tertiary/aromatic N) is 3. The molecule has 0 aliphatic carbocycles. The first-order valence-corrected chi connectivity index (χ1v) is 13.6. The van der Waals surface area contributed by atoms with Crippen LogP contribution in [-0.4, -0.2) is 85.4 Å². The molecule has 0 bridgehead atoms. The number of H-pyrrole nitrogens is 2. The van der Waals surface area contributed by atoms with Crippen LogP contribution >= 0.6 is 0 Å². The molecule has 3 aromatic rings. The van der Waals surface area contributed by atoms with Crippen molar-refractivity contribution in [2.24, 2.45) is 22.2 Å². The largest absolute Gasteiger partial charge is 0.480 e. The summed E-state index contributed by atoms with van der Waals surface area (Å²) >= 11 is 0. The van der Waals surface area contributed by atoms with Gasteiger partial charge in [-0.1, -0.05) is 30.3 Å². The Labute approximate surface area is 247 Å². The maximum absolute atomic E-state index is 13.5. The highest BCUT2D eigenvalue weighted by molar-refractivity contribution is 5.94. The Bertz CT molecular complexity index is 1340. The first kappa shape index (κ1) is 32.3. The third-order valence-electron chi connectivity index (χ3n) is 6.43. The molecule has 43 heavy (non-hydrogen) atoms. The van der Waals surface area contributed by atoms with Crippen molar-refractivity contribution >= 4 is 29.7 Å². The summed E-state index contributed by atoms with van der Waals surface area (Å²) in [7, 11) is 0. The normalized spacial score (nSPS) is 13.6. The summed E-state index contributed by atoms with van der Waals surface area (Å²) in [5.41, 5.74) is 18.4. The second kappa shape index (κ2) is 16.3. The summed E-state index contributed by atoms with van der Waals surface area (Å²) in [6, 6.07) is 4.27. The minimum atomic E-state index is -1.26. The minimum absolute atomic E-state index is 0.0163. The second-order valence-corrected chi connectivity index (χ2v) is 9.83. The van der Waals surface area contributed by atoms with Crippen LogP contribution in [0.1, 0.15) is 29.8 Å². The topological polar surface area (TPSA) is 272 Å². The van der Waals surface area contributed by atoms with Gasteiger partial charge in [0.05, 0.1) is 18.7 Å². The number of aliphatic imine (C=N–C) groups is 1. The Kier molecular flexibility index (Phi) is 12.2. The number of nitrogens with two attached hydrogens (primary N) is 3. The fraction of sp³-hybridized carbons (Fsp3) is 0.370. The van der Waals surface area contributed by atoms with Crippen molar-refractivity contribution in [2.45, 2.75) is 56.3 Å². The Balaban J connectivity index is 1.74. The number of hydrogen-bond donors (Lipinski definition) is 9. The first-order chi connectivity index (χ1) is 20.6. The third kappa shape index (κ3) is 10.9. The van der Waals surface area contributed by atoms with Gasteiger partial charge in [-0.3, -0.25) is 19.4 Å². The molecule has 1 aromatic carbocycles. The number of aromatic nitrogens is 4. The lowest BCUT2D eigenvalue weighted by Crippen LogP contribution is -2.58. The van der Waals surface area contributed by atoms with Crippen LogP contribution in [0.2, 0.25) is 0 Å². The molecule has 3 rings (SSSR count). The number of carboxylic acids is 1. The van der Waals surface area contributed by atoms with Gasteiger partial charge in [-0.2, -0.15) is 0 Å². The van der Waals surface area contributed by atoms with Gasteiger partial charge in [0, 0.05) is 49.6 Å². The molecule has 16 heteroatoms. The maximum atomic E-state index is 13.5. The standard InChI is InChI=1S/C27H37N11O5/c28-19(7-4-8-33-27(29)30)23(39)36-20(10-17-12-31-14-34-17)24(40)37-21(11-18-13-32-15-35-18)25(41)38-22(26(42)43)9-16-5-2-1-3-6-16/h1-3,5-6,12-15,19-22H,4,7-11,28H2,(H,31,34)(H,32,35)(H,36,39)(H,37,40)(H,38,41)(H,42,43)(H4,29,30,33). The number of guanidine groups is 1. The van der Waals surface area contributed by atoms with Crippen LogP contribution in [0, 0.1) is 0 Å². The number of benzene rings is 1. The SMILES string of the molecule is NC(N)=NCCCC(N)C(=O)NC(Cc1cnc[nH]1)C(=O)NC(Cc1cnc[nH]1)C(=O)NC(Cc1ccccc1)C(=O)O. The highest BCUT2D eigenvalue weighted by Gasteiger charge is 2.31. The molecule has 2 heterocycles. The number of carboxylic acid groups (broad SMARTS) is 1. The molecule has 0 aliphatic heterocycles. The average molecular weight is 596 g/mol. The van der Waals surface area contributed by atoms with Crippen molar-refractivity contribution in [3.63, 3.8) is 0 Å². The lowest BCUT2D eigenvalue weighted by atomic mass is 10.0. The van der Waals surface area contributed by atoms with E-state index >= 15 is 0 Å². The third-order valence-corrected chi connectivity index (χ3v) is 6.43. The number of amides is 3. The molecule has 16 nitrogen and oxygen atoms in total. The summed E-state index contributed by atoms with van der Waals surface area (Å²) in [6.45, 7) is 0.285. The van der Waals surface area contributed by atoms with Gasteiger partial charge in [-0.25, -0.2) is 14.8 Å². The molecular weight excluding hydrogens is 558 g/mol. The minimum Gasteiger partial charge on any atom is -0.480 e. The summed E-state index contributed by atoms with van der Waals surface area (Å²) in [5.74, 6) is -3.31. The summed E-state index contributed by atoms with van der Waals surface area (Å²) in [5, 5.41) is 17.6. The molecule has 4 atom stereocenters. The zero-order chi connectivity index (χ0) is 31.2. The number of hydrogen-bond acceptors (Lipinski definition) is 8. The fourth-order valence-electron chi connectivity index (χ4n) is 4.17. The number of carbonyl (C=O) groups is 4. The van der Waals surface area contributed by atoms with Gasteiger partial charge >= 0.3 is 5.97 Å². The van der Waals surface area contributed by atoms with E-state index in [9.17, 15) is 24.3 Å². The van der Waals surface area contributed by atoms with E-state index in [1.165, 1.54) is 25.0 Å². The summed E-state index contributed by atoms with van der Waals surface area (Å²) < 4.78 is 0. The van der Waals surface area contributed by atoms with Crippen molar-refractivity contribution in [3.05, 3.63) is 72.3 Å². The van der Waals surface area contributed by atoms with E-state index in [1.807, 2.05) is 0 Å². The van der Waals surface area contributed by atoms with Crippen LogP contribution in [0.25, 0.3) is 0 Å².